The number of anilines is 1. The van der Waals surface area contributed by atoms with Gasteiger partial charge in [-0.15, -0.1) is 0 Å². The van der Waals surface area contributed by atoms with Gasteiger partial charge in [0.1, 0.15) is 5.69 Å². The van der Waals surface area contributed by atoms with Crippen molar-refractivity contribution in [3.8, 4) is 0 Å². The van der Waals surface area contributed by atoms with Crippen LogP contribution in [0.5, 0.6) is 0 Å². The zero-order valence-corrected chi connectivity index (χ0v) is 12.7. The van der Waals surface area contributed by atoms with E-state index in [1.807, 2.05) is 24.8 Å². The van der Waals surface area contributed by atoms with E-state index in [2.05, 4.69) is 29.5 Å². The van der Waals surface area contributed by atoms with Crippen LogP contribution in [0.3, 0.4) is 0 Å². The monoisotopic (exact) mass is 281 g/mol. The zero-order valence-electron chi connectivity index (χ0n) is 11.9. The van der Waals surface area contributed by atoms with Crippen LogP contribution in [0.25, 0.3) is 0 Å². The molecule has 0 aromatic carbocycles. The zero-order chi connectivity index (χ0) is 14.1. The molecule has 0 fully saturated rings. The Bertz CT molecular complexity index is 381. The van der Waals surface area contributed by atoms with Gasteiger partial charge in [-0.3, -0.25) is 4.79 Å². The van der Waals surface area contributed by atoms with Crippen molar-refractivity contribution in [2.75, 3.05) is 23.4 Å². The van der Waals surface area contributed by atoms with E-state index in [4.69, 9.17) is 0 Å². The minimum atomic E-state index is -0.105. The third-order valence-electron chi connectivity index (χ3n) is 2.52. The maximum atomic E-state index is 11.9. The summed E-state index contributed by atoms with van der Waals surface area (Å²) in [6.07, 6.45) is 2.77. The average molecular weight is 281 g/mol. The number of carbonyl (C=O) groups is 1. The molecule has 4 nitrogen and oxygen atoms in total. The highest BCUT2D eigenvalue weighted by Crippen LogP contribution is 2.07. The van der Waals surface area contributed by atoms with Crippen LogP contribution >= 0.6 is 11.8 Å². The SMILES string of the molecule is CCCNc1ccc(C(=O)NC(C)CSCC)nc1. The lowest BCUT2D eigenvalue weighted by Crippen LogP contribution is -2.34. The molecule has 0 aliphatic rings. The fraction of sp³-hybridized carbons (Fsp3) is 0.571. The number of rotatable bonds is 8. The van der Waals surface area contributed by atoms with Crippen LogP contribution in [-0.2, 0) is 0 Å². The molecule has 1 amide bonds. The molecule has 0 spiro atoms. The van der Waals surface area contributed by atoms with Crippen molar-refractivity contribution in [1.82, 2.24) is 10.3 Å². The molecule has 1 heterocycles. The summed E-state index contributed by atoms with van der Waals surface area (Å²) in [7, 11) is 0. The van der Waals surface area contributed by atoms with Gasteiger partial charge < -0.3 is 10.6 Å². The van der Waals surface area contributed by atoms with Crippen LogP contribution in [-0.4, -0.2) is 35.0 Å². The fourth-order valence-corrected chi connectivity index (χ4v) is 2.21. The van der Waals surface area contributed by atoms with Gasteiger partial charge in [0, 0.05) is 18.3 Å². The summed E-state index contributed by atoms with van der Waals surface area (Å²) in [6, 6.07) is 3.81. The second-order valence-electron chi connectivity index (χ2n) is 4.39. The van der Waals surface area contributed by atoms with Crippen molar-refractivity contribution >= 4 is 23.4 Å². The highest BCUT2D eigenvalue weighted by Gasteiger charge is 2.10. The summed E-state index contributed by atoms with van der Waals surface area (Å²) in [4.78, 5) is 16.1. The molecule has 0 saturated carbocycles. The lowest BCUT2D eigenvalue weighted by molar-refractivity contribution is 0.0939. The molecule has 0 radical (unpaired) electrons. The molecule has 1 atom stereocenters. The van der Waals surface area contributed by atoms with Crippen molar-refractivity contribution in [3.05, 3.63) is 24.0 Å². The van der Waals surface area contributed by atoms with Gasteiger partial charge in [0.05, 0.1) is 11.9 Å². The van der Waals surface area contributed by atoms with Crippen molar-refractivity contribution in [1.29, 1.82) is 0 Å². The van der Waals surface area contributed by atoms with Gasteiger partial charge in [-0.1, -0.05) is 13.8 Å². The first-order valence-corrected chi connectivity index (χ1v) is 7.91. The second-order valence-corrected chi connectivity index (χ2v) is 5.71. The Morgan fingerprint density at radius 1 is 1.42 bits per heavy atom. The summed E-state index contributed by atoms with van der Waals surface area (Å²) in [6.45, 7) is 7.15. The van der Waals surface area contributed by atoms with Crippen LogP contribution in [0.4, 0.5) is 5.69 Å². The van der Waals surface area contributed by atoms with Crippen LogP contribution < -0.4 is 10.6 Å². The maximum Gasteiger partial charge on any atom is 0.270 e. The average Bonchev–Trinajstić information content (AvgIpc) is 2.43. The molecule has 1 aromatic rings. The van der Waals surface area contributed by atoms with Gasteiger partial charge in [0.15, 0.2) is 0 Å². The Hall–Kier alpha value is -1.23. The number of nitrogens with zero attached hydrogens (tertiary/aromatic N) is 1. The maximum absolute atomic E-state index is 11.9. The molecule has 0 aliphatic carbocycles. The van der Waals surface area contributed by atoms with Crippen molar-refractivity contribution in [3.63, 3.8) is 0 Å². The number of pyridine rings is 1. The topological polar surface area (TPSA) is 54.0 Å². The molecule has 0 saturated heterocycles. The van der Waals surface area contributed by atoms with E-state index in [1.54, 1.807) is 12.3 Å². The summed E-state index contributed by atoms with van der Waals surface area (Å²) in [5.41, 5.74) is 1.42. The van der Waals surface area contributed by atoms with E-state index >= 15 is 0 Å². The summed E-state index contributed by atoms with van der Waals surface area (Å²) in [5, 5.41) is 6.18. The van der Waals surface area contributed by atoms with Gasteiger partial charge >= 0.3 is 0 Å². The molecular formula is C14H23N3OS. The smallest absolute Gasteiger partial charge is 0.270 e. The molecule has 0 aliphatic heterocycles. The van der Waals surface area contributed by atoms with Gasteiger partial charge in [-0.2, -0.15) is 11.8 Å². The van der Waals surface area contributed by atoms with Gasteiger partial charge in [0.25, 0.3) is 5.91 Å². The lowest BCUT2D eigenvalue weighted by Gasteiger charge is -2.13. The Morgan fingerprint density at radius 2 is 2.21 bits per heavy atom. The van der Waals surface area contributed by atoms with Crippen molar-refractivity contribution in [2.24, 2.45) is 0 Å². The van der Waals surface area contributed by atoms with E-state index in [0.29, 0.717) is 5.69 Å². The molecule has 1 aromatic heterocycles. The predicted octanol–water partition coefficient (Wildman–Crippen LogP) is 2.77. The highest BCUT2D eigenvalue weighted by atomic mass is 32.2. The number of carbonyl (C=O) groups excluding carboxylic acids is 1. The first-order chi connectivity index (χ1) is 9.17. The molecule has 2 N–H and O–H groups in total. The van der Waals surface area contributed by atoms with E-state index in [9.17, 15) is 4.79 Å². The van der Waals surface area contributed by atoms with Crippen molar-refractivity contribution < 1.29 is 4.79 Å². The summed E-state index contributed by atoms with van der Waals surface area (Å²) >= 11 is 1.82. The Balaban J connectivity index is 2.48. The van der Waals surface area contributed by atoms with E-state index < -0.39 is 0 Å². The van der Waals surface area contributed by atoms with E-state index in [0.717, 1.165) is 30.2 Å². The first kappa shape index (κ1) is 15.8. The van der Waals surface area contributed by atoms with E-state index in [-0.39, 0.29) is 11.9 Å². The molecule has 0 bridgehead atoms. The minimum Gasteiger partial charge on any atom is -0.384 e. The van der Waals surface area contributed by atoms with Gasteiger partial charge in [0.2, 0.25) is 0 Å². The Morgan fingerprint density at radius 3 is 2.79 bits per heavy atom. The number of amides is 1. The van der Waals surface area contributed by atoms with Gasteiger partial charge in [-0.05, 0) is 31.2 Å². The van der Waals surface area contributed by atoms with Crippen LogP contribution in [0.1, 0.15) is 37.7 Å². The summed E-state index contributed by atoms with van der Waals surface area (Å²) < 4.78 is 0. The second kappa shape index (κ2) is 8.80. The third kappa shape index (κ3) is 5.96. The highest BCUT2D eigenvalue weighted by molar-refractivity contribution is 7.99. The summed E-state index contributed by atoms with van der Waals surface area (Å²) in [5.74, 6) is 1.89. The number of nitrogens with one attached hydrogen (secondary N) is 2. The molecule has 1 rings (SSSR count). The van der Waals surface area contributed by atoms with Crippen LogP contribution in [0.2, 0.25) is 0 Å². The largest absolute Gasteiger partial charge is 0.384 e. The quantitative estimate of drug-likeness (QED) is 0.769. The number of hydrogen-bond donors (Lipinski definition) is 2. The van der Waals surface area contributed by atoms with Crippen LogP contribution in [0.15, 0.2) is 18.3 Å². The Labute approximate surface area is 119 Å². The normalized spacial score (nSPS) is 11.9. The number of aromatic nitrogens is 1. The molecule has 106 valence electrons. The number of hydrogen-bond acceptors (Lipinski definition) is 4. The molecule has 19 heavy (non-hydrogen) atoms. The lowest BCUT2D eigenvalue weighted by atomic mass is 10.3. The third-order valence-corrected chi connectivity index (χ3v) is 3.67. The predicted molar refractivity (Wildman–Crippen MR) is 82.9 cm³/mol. The molecular weight excluding hydrogens is 258 g/mol. The molecule has 1 unspecified atom stereocenters. The molecule has 5 heteroatoms. The van der Waals surface area contributed by atoms with E-state index in [1.165, 1.54) is 0 Å². The fourth-order valence-electron chi connectivity index (χ4n) is 1.54. The standard InChI is InChI=1S/C14H23N3OS/c1-4-8-15-12-6-7-13(16-9-12)14(18)17-11(3)10-19-5-2/h6-7,9,11,15H,4-5,8,10H2,1-3H3,(H,17,18). The number of thioether (sulfide) groups is 1. The van der Waals surface area contributed by atoms with Gasteiger partial charge in [-0.25, -0.2) is 4.98 Å². The van der Waals surface area contributed by atoms with Crippen molar-refractivity contribution in [2.45, 2.75) is 33.2 Å². The minimum absolute atomic E-state index is 0.105. The first-order valence-electron chi connectivity index (χ1n) is 6.75. The van der Waals surface area contributed by atoms with Crippen LogP contribution in [0, 0.1) is 0 Å². The Kier molecular flexibility index (Phi) is 7.33.